The van der Waals surface area contributed by atoms with E-state index in [4.69, 9.17) is 10.5 Å². The zero-order valence-corrected chi connectivity index (χ0v) is 11.9. The van der Waals surface area contributed by atoms with Crippen LogP contribution >= 0.6 is 0 Å². The van der Waals surface area contributed by atoms with Crippen LogP contribution in [0, 0.1) is 5.82 Å². The van der Waals surface area contributed by atoms with E-state index in [1.54, 1.807) is 12.1 Å². The normalized spacial score (nSPS) is 10.1. The maximum absolute atomic E-state index is 13.4. The molecule has 0 radical (unpaired) electrons. The topological polar surface area (TPSA) is 81.4 Å². The van der Waals surface area contributed by atoms with Gasteiger partial charge in [-0.3, -0.25) is 9.59 Å². The second-order valence-electron chi connectivity index (χ2n) is 4.63. The second-order valence-corrected chi connectivity index (χ2v) is 4.63. The van der Waals surface area contributed by atoms with Gasteiger partial charge in [0.25, 0.3) is 5.91 Å². The lowest BCUT2D eigenvalue weighted by atomic mass is 10.1. The maximum atomic E-state index is 13.4. The SMILES string of the molecule is CC(=O)c1ccc(OCC(=O)Nc2ccccc2F)c(N)c1. The Kier molecular flexibility index (Phi) is 4.73. The summed E-state index contributed by atoms with van der Waals surface area (Å²) in [5, 5.41) is 2.40. The standard InChI is InChI=1S/C16H15FN2O3/c1-10(20)11-6-7-15(13(18)8-11)22-9-16(21)19-14-5-3-2-4-12(14)17/h2-8H,9,18H2,1H3,(H,19,21). The lowest BCUT2D eigenvalue weighted by Crippen LogP contribution is -2.21. The van der Waals surface area contributed by atoms with Gasteiger partial charge in [-0.05, 0) is 37.3 Å². The average Bonchev–Trinajstić information content (AvgIpc) is 2.48. The number of hydrogen-bond acceptors (Lipinski definition) is 4. The number of amides is 1. The van der Waals surface area contributed by atoms with E-state index in [0.717, 1.165) is 0 Å². The Morgan fingerprint density at radius 2 is 1.95 bits per heavy atom. The number of benzene rings is 2. The highest BCUT2D eigenvalue weighted by Crippen LogP contribution is 2.22. The van der Waals surface area contributed by atoms with E-state index in [-0.39, 0.29) is 29.5 Å². The van der Waals surface area contributed by atoms with Crippen LogP contribution in [0.25, 0.3) is 0 Å². The van der Waals surface area contributed by atoms with Crippen LogP contribution in [0.5, 0.6) is 5.75 Å². The molecule has 0 bridgehead atoms. The highest BCUT2D eigenvalue weighted by atomic mass is 19.1. The summed E-state index contributed by atoms with van der Waals surface area (Å²) in [6, 6.07) is 10.4. The van der Waals surface area contributed by atoms with Crippen molar-refractivity contribution in [2.24, 2.45) is 0 Å². The van der Waals surface area contributed by atoms with Crippen molar-refractivity contribution in [1.82, 2.24) is 0 Å². The van der Waals surface area contributed by atoms with Crippen LogP contribution in [-0.2, 0) is 4.79 Å². The minimum absolute atomic E-state index is 0.0796. The van der Waals surface area contributed by atoms with Gasteiger partial charge in [0.15, 0.2) is 12.4 Å². The van der Waals surface area contributed by atoms with Crippen molar-refractivity contribution in [3.63, 3.8) is 0 Å². The van der Waals surface area contributed by atoms with Crippen LogP contribution in [0.1, 0.15) is 17.3 Å². The summed E-state index contributed by atoms with van der Waals surface area (Å²) in [6.07, 6.45) is 0. The van der Waals surface area contributed by atoms with E-state index in [2.05, 4.69) is 5.32 Å². The molecular weight excluding hydrogens is 287 g/mol. The van der Waals surface area contributed by atoms with Gasteiger partial charge >= 0.3 is 0 Å². The van der Waals surface area contributed by atoms with Gasteiger partial charge in [0.05, 0.1) is 11.4 Å². The number of nitrogens with two attached hydrogens (primary N) is 1. The number of nitrogen functional groups attached to an aromatic ring is 1. The van der Waals surface area contributed by atoms with Crippen LogP contribution in [0.15, 0.2) is 42.5 Å². The zero-order chi connectivity index (χ0) is 16.1. The van der Waals surface area contributed by atoms with E-state index in [1.807, 2.05) is 0 Å². The minimum Gasteiger partial charge on any atom is -0.482 e. The van der Waals surface area contributed by atoms with Gasteiger partial charge < -0.3 is 15.8 Å². The number of Topliss-reactive ketones (excluding diaryl/α,β-unsaturated/α-hetero) is 1. The molecule has 0 spiro atoms. The van der Waals surface area contributed by atoms with Gasteiger partial charge in [0.2, 0.25) is 0 Å². The quantitative estimate of drug-likeness (QED) is 0.657. The van der Waals surface area contributed by atoms with Gasteiger partial charge in [-0.1, -0.05) is 12.1 Å². The monoisotopic (exact) mass is 302 g/mol. The van der Waals surface area contributed by atoms with E-state index in [1.165, 1.54) is 37.3 Å². The van der Waals surface area contributed by atoms with Crippen molar-refractivity contribution in [3.05, 3.63) is 53.8 Å². The minimum atomic E-state index is -0.527. The number of carbonyl (C=O) groups is 2. The molecule has 0 aliphatic carbocycles. The van der Waals surface area contributed by atoms with Crippen LogP contribution in [0.3, 0.4) is 0 Å². The molecule has 2 aromatic rings. The summed E-state index contributed by atoms with van der Waals surface area (Å²) >= 11 is 0. The number of hydrogen-bond donors (Lipinski definition) is 2. The largest absolute Gasteiger partial charge is 0.482 e. The average molecular weight is 302 g/mol. The molecule has 0 aliphatic rings. The van der Waals surface area contributed by atoms with Crippen LogP contribution in [-0.4, -0.2) is 18.3 Å². The van der Waals surface area contributed by atoms with Gasteiger partial charge in [-0.25, -0.2) is 4.39 Å². The third-order valence-corrected chi connectivity index (χ3v) is 2.92. The lowest BCUT2D eigenvalue weighted by Gasteiger charge is -2.10. The molecule has 0 aromatic heterocycles. The van der Waals surface area contributed by atoms with E-state index < -0.39 is 11.7 Å². The lowest BCUT2D eigenvalue weighted by molar-refractivity contribution is -0.118. The highest BCUT2D eigenvalue weighted by molar-refractivity contribution is 5.95. The summed E-state index contributed by atoms with van der Waals surface area (Å²) in [7, 11) is 0. The molecule has 0 aliphatic heterocycles. The molecule has 5 nitrogen and oxygen atoms in total. The van der Waals surface area contributed by atoms with Gasteiger partial charge in [0, 0.05) is 5.56 Å². The third-order valence-electron chi connectivity index (χ3n) is 2.92. The fourth-order valence-electron chi connectivity index (χ4n) is 1.79. The zero-order valence-electron chi connectivity index (χ0n) is 11.9. The van der Waals surface area contributed by atoms with E-state index >= 15 is 0 Å². The molecule has 6 heteroatoms. The van der Waals surface area contributed by atoms with Gasteiger partial charge in [-0.2, -0.15) is 0 Å². The van der Waals surface area contributed by atoms with Crippen molar-refractivity contribution < 1.29 is 18.7 Å². The highest BCUT2D eigenvalue weighted by Gasteiger charge is 2.09. The van der Waals surface area contributed by atoms with E-state index in [0.29, 0.717) is 5.56 Å². The first-order chi connectivity index (χ1) is 10.5. The third kappa shape index (κ3) is 3.82. The number of ether oxygens (including phenoxy) is 1. The van der Waals surface area contributed by atoms with Crippen molar-refractivity contribution in [1.29, 1.82) is 0 Å². The number of rotatable bonds is 5. The second kappa shape index (κ2) is 6.71. The predicted molar refractivity (Wildman–Crippen MR) is 81.4 cm³/mol. The summed E-state index contributed by atoms with van der Waals surface area (Å²) in [5.41, 5.74) is 6.55. The molecule has 0 saturated carbocycles. The summed E-state index contributed by atoms with van der Waals surface area (Å²) in [6.45, 7) is 1.11. The molecular formula is C16H15FN2O3. The smallest absolute Gasteiger partial charge is 0.262 e. The predicted octanol–water partition coefficient (Wildman–Crippen LogP) is 2.63. The Morgan fingerprint density at radius 1 is 1.23 bits per heavy atom. The molecule has 1 amide bonds. The first-order valence-electron chi connectivity index (χ1n) is 6.55. The van der Waals surface area contributed by atoms with Gasteiger partial charge in [0.1, 0.15) is 11.6 Å². The number of carbonyl (C=O) groups excluding carboxylic acids is 2. The Morgan fingerprint density at radius 3 is 2.59 bits per heavy atom. The molecule has 0 atom stereocenters. The number of ketones is 1. The Labute approximate surface area is 126 Å². The molecule has 22 heavy (non-hydrogen) atoms. The Balaban J connectivity index is 1.97. The van der Waals surface area contributed by atoms with Crippen molar-refractivity contribution in [2.75, 3.05) is 17.7 Å². The summed E-state index contributed by atoms with van der Waals surface area (Å²) in [5.74, 6) is -0.870. The summed E-state index contributed by atoms with van der Waals surface area (Å²) < 4.78 is 18.7. The molecule has 0 fully saturated rings. The van der Waals surface area contributed by atoms with Crippen LogP contribution in [0.4, 0.5) is 15.8 Å². The number of halogens is 1. The molecule has 0 saturated heterocycles. The van der Waals surface area contributed by atoms with Crippen LogP contribution < -0.4 is 15.8 Å². The Hall–Kier alpha value is -2.89. The molecule has 2 aromatic carbocycles. The molecule has 2 rings (SSSR count). The number of nitrogens with one attached hydrogen (secondary N) is 1. The Bertz CT molecular complexity index is 716. The fourth-order valence-corrected chi connectivity index (χ4v) is 1.79. The van der Waals surface area contributed by atoms with Gasteiger partial charge in [-0.15, -0.1) is 0 Å². The van der Waals surface area contributed by atoms with E-state index in [9.17, 15) is 14.0 Å². The summed E-state index contributed by atoms with van der Waals surface area (Å²) in [4.78, 5) is 22.9. The first kappa shape index (κ1) is 15.5. The van der Waals surface area contributed by atoms with Crippen molar-refractivity contribution in [3.8, 4) is 5.75 Å². The fraction of sp³-hybridized carbons (Fsp3) is 0.125. The molecule has 0 heterocycles. The maximum Gasteiger partial charge on any atom is 0.262 e. The molecule has 114 valence electrons. The number of anilines is 2. The number of para-hydroxylation sites is 1. The van der Waals surface area contributed by atoms with Crippen molar-refractivity contribution >= 4 is 23.1 Å². The van der Waals surface area contributed by atoms with Crippen molar-refractivity contribution in [2.45, 2.75) is 6.92 Å². The van der Waals surface area contributed by atoms with Crippen LogP contribution in [0.2, 0.25) is 0 Å². The molecule has 0 unspecified atom stereocenters. The molecule has 3 N–H and O–H groups in total. The first-order valence-corrected chi connectivity index (χ1v) is 6.55.